The summed E-state index contributed by atoms with van der Waals surface area (Å²) in [6, 6.07) is 0. The molecule has 29 heavy (non-hydrogen) atoms. The summed E-state index contributed by atoms with van der Waals surface area (Å²) >= 11 is 0. The number of carbonyl (C=O) groups is 2. The fraction of sp³-hybridized carbons (Fsp3) is 0.889. The van der Waals surface area contributed by atoms with Crippen molar-refractivity contribution in [2.75, 3.05) is 0 Å². The Morgan fingerprint density at radius 2 is 1.41 bits per heavy atom. The molecule has 1 saturated carbocycles. The number of carbonyl (C=O) groups excluding carboxylic acids is 2. The Bertz CT molecular complexity index is 589. The molecule has 0 aliphatic heterocycles. The van der Waals surface area contributed by atoms with Gasteiger partial charge in [0.1, 0.15) is 5.60 Å². The quantitative estimate of drug-likeness (QED) is 0.492. The first-order valence-electron chi connectivity index (χ1n) is 9.28. The second kappa shape index (κ2) is 8.31. The van der Waals surface area contributed by atoms with Gasteiger partial charge in [-0.25, -0.2) is 9.59 Å². The number of aliphatic hydroxyl groups is 1. The maximum Gasteiger partial charge on any atom is 0.437 e. The molecule has 11 heteroatoms. The van der Waals surface area contributed by atoms with Crippen molar-refractivity contribution in [3.05, 3.63) is 0 Å². The van der Waals surface area contributed by atoms with Crippen LogP contribution >= 0.6 is 0 Å². The molecule has 1 aliphatic rings. The van der Waals surface area contributed by atoms with Crippen molar-refractivity contribution in [2.24, 2.45) is 5.92 Å². The van der Waals surface area contributed by atoms with Crippen LogP contribution in [0.1, 0.15) is 66.2 Å². The van der Waals surface area contributed by atoms with Crippen molar-refractivity contribution in [3.8, 4) is 0 Å². The summed E-state index contributed by atoms with van der Waals surface area (Å²) in [6.45, 7) is 5.37. The summed E-state index contributed by atoms with van der Waals surface area (Å²) in [5.41, 5.74) is -9.18. The van der Waals surface area contributed by atoms with Gasteiger partial charge >= 0.3 is 29.9 Å². The van der Waals surface area contributed by atoms with Gasteiger partial charge in [-0.3, -0.25) is 0 Å². The molecule has 1 aliphatic carbocycles. The minimum Gasteiger partial charge on any atom is -0.456 e. The lowest BCUT2D eigenvalue weighted by Crippen LogP contribution is -2.64. The van der Waals surface area contributed by atoms with Crippen LogP contribution in [-0.2, 0) is 19.1 Å². The maximum absolute atomic E-state index is 12.8. The number of hydrogen-bond donors (Lipinski definition) is 1. The molecule has 0 bridgehead atoms. The van der Waals surface area contributed by atoms with Crippen LogP contribution in [0, 0.1) is 5.92 Å². The monoisotopic (exact) mass is 436 g/mol. The van der Waals surface area contributed by atoms with Gasteiger partial charge in [-0.05, 0) is 51.9 Å². The lowest BCUT2D eigenvalue weighted by atomic mass is 9.76. The highest BCUT2D eigenvalue weighted by Gasteiger charge is 2.77. The van der Waals surface area contributed by atoms with Crippen LogP contribution in [0.5, 0.6) is 0 Å². The topological polar surface area (TPSA) is 72.8 Å². The van der Waals surface area contributed by atoms with E-state index in [1.54, 1.807) is 6.92 Å². The van der Waals surface area contributed by atoms with Crippen LogP contribution in [0.2, 0.25) is 0 Å². The van der Waals surface area contributed by atoms with Gasteiger partial charge in [0, 0.05) is 0 Å². The average Bonchev–Trinajstić information content (AvgIpc) is 2.59. The van der Waals surface area contributed by atoms with E-state index in [4.69, 9.17) is 9.84 Å². The van der Waals surface area contributed by atoms with Crippen molar-refractivity contribution < 1.29 is 50.5 Å². The predicted octanol–water partition coefficient (Wildman–Crippen LogP) is 4.46. The highest BCUT2D eigenvalue weighted by atomic mass is 19.4. The lowest BCUT2D eigenvalue weighted by molar-refractivity contribution is -0.358. The fourth-order valence-electron chi connectivity index (χ4n) is 3.20. The van der Waals surface area contributed by atoms with E-state index in [9.17, 15) is 35.9 Å². The van der Waals surface area contributed by atoms with Gasteiger partial charge in [-0.15, -0.1) is 0 Å². The molecule has 1 N–H and O–H groups in total. The molecule has 0 heterocycles. The van der Waals surface area contributed by atoms with Crippen LogP contribution in [0.3, 0.4) is 0 Å². The fourth-order valence-corrected chi connectivity index (χ4v) is 3.20. The SMILES string of the molecule is CCC1CCC(CC)(OC(=O)C(C)(C)OC(=O)C(O)(C(F)(F)F)C(F)(F)F)CC1. The Labute approximate surface area is 164 Å². The molecule has 0 spiro atoms. The molecule has 0 atom stereocenters. The zero-order valence-electron chi connectivity index (χ0n) is 16.7. The molecular formula is C18H26F6O5. The minimum atomic E-state index is -6.40. The summed E-state index contributed by atoms with van der Waals surface area (Å²) in [6.07, 6.45) is -9.02. The molecule has 0 aromatic heterocycles. The van der Waals surface area contributed by atoms with Gasteiger partial charge in [0.2, 0.25) is 5.60 Å². The van der Waals surface area contributed by atoms with E-state index in [1.807, 2.05) is 6.92 Å². The number of esters is 2. The lowest BCUT2D eigenvalue weighted by Gasteiger charge is -2.41. The Morgan fingerprint density at radius 3 is 1.76 bits per heavy atom. The van der Waals surface area contributed by atoms with Crippen molar-refractivity contribution in [1.29, 1.82) is 0 Å². The van der Waals surface area contributed by atoms with Crippen molar-refractivity contribution in [3.63, 3.8) is 0 Å². The molecule has 170 valence electrons. The zero-order chi connectivity index (χ0) is 22.9. The van der Waals surface area contributed by atoms with E-state index in [2.05, 4.69) is 4.74 Å². The Hall–Kier alpha value is -1.52. The molecule has 0 amide bonds. The summed E-state index contributed by atoms with van der Waals surface area (Å²) in [7, 11) is 0. The van der Waals surface area contributed by atoms with Gasteiger partial charge in [0.15, 0.2) is 0 Å². The number of rotatable bonds is 6. The van der Waals surface area contributed by atoms with Crippen molar-refractivity contribution >= 4 is 11.9 Å². The van der Waals surface area contributed by atoms with E-state index < -0.39 is 41.1 Å². The van der Waals surface area contributed by atoms with Crippen LogP contribution < -0.4 is 0 Å². The second-order valence-corrected chi connectivity index (χ2v) is 7.88. The van der Waals surface area contributed by atoms with Gasteiger partial charge in [-0.2, -0.15) is 26.3 Å². The molecule has 5 nitrogen and oxygen atoms in total. The largest absolute Gasteiger partial charge is 0.456 e. The first kappa shape index (κ1) is 25.5. The van der Waals surface area contributed by atoms with E-state index in [0.717, 1.165) is 33.1 Å². The molecule has 0 radical (unpaired) electrons. The van der Waals surface area contributed by atoms with Crippen LogP contribution in [0.25, 0.3) is 0 Å². The smallest absolute Gasteiger partial charge is 0.437 e. The summed E-state index contributed by atoms with van der Waals surface area (Å²) in [4.78, 5) is 24.1. The van der Waals surface area contributed by atoms with Crippen LogP contribution in [0.15, 0.2) is 0 Å². The third-order valence-electron chi connectivity index (χ3n) is 5.50. The Morgan fingerprint density at radius 1 is 0.966 bits per heavy atom. The van der Waals surface area contributed by atoms with E-state index in [1.165, 1.54) is 0 Å². The summed E-state index contributed by atoms with van der Waals surface area (Å²) in [5.74, 6) is -3.89. The summed E-state index contributed by atoms with van der Waals surface area (Å²) in [5, 5.41) is 9.10. The average molecular weight is 436 g/mol. The first-order valence-corrected chi connectivity index (χ1v) is 9.28. The van der Waals surface area contributed by atoms with Crippen LogP contribution in [0.4, 0.5) is 26.3 Å². The van der Waals surface area contributed by atoms with Gasteiger partial charge in [-0.1, -0.05) is 20.3 Å². The molecule has 1 rings (SSSR count). The molecular weight excluding hydrogens is 410 g/mol. The standard InChI is InChI=1S/C18H26F6O5/c1-5-11-7-9-15(6-2,10-8-11)29-12(25)14(3,4)28-13(26)16(27,17(19,20)21)18(22,23)24/h11,27H,5-10H2,1-4H3. The third kappa shape index (κ3) is 5.16. The predicted molar refractivity (Wildman–Crippen MR) is 88.6 cm³/mol. The highest BCUT2D eigenvalue weighted by Crippen LogP contribution is 2.45. The van der Waals surface area contributed by atoms with Gasteiger partial charge < -0.3 is 14.6 Å². The number of alkyl halides is 6. The molecule has 1 fully saturated rings. The highest BCUT2D eigenvalue weighted by molar-refractivity contribution is 5.87. The minimum absolute atomic E-state index is 0.383. The van der Waals surface area contributed by atoms with E-state index in [0.29, 0.717) is 25.2 Å². The Kier molecular flexibility index (Phi) is 7.31. The summed E-state index contributed by atoms with van der Waals surface area (Å²) < 4.78 is 86.4. The van der Waals surface area contributed by atoms with Gasteiger partial charge in [0.25, 0.3) is 0 Å². The number of hydrogen-bond acceptors (Lipinski definition) is 5. The van der Waals surface area contributed by atoms with E-state index in [-0.39, 0.29) is 0 Å². The van der Waals surface area contributed by atoms with Crippen LogP contribution in [-0.4, -0.2) is 46.2 Å². The van der Waals surface area contributed by atoms with E-state index >= 15 is 0 Å². The van der Waals surface area contributed by atoms with Crippen molar-refractivity contribution in [1.82, 2.24) is 0 Å². The molecule has 0 saturated heterocycles. The number of halogens is 6. The van der Waals surface area contributed by atoms with Crippen molar-refractivity contribution in [2.45, 2.75) is 95.4 Å². The molecule has 0 aromatic carbocycles. The molecule has 0 unspecified atom stereocenters. The molecule has 0 aromatic rings. The number of ether oxygens (including phenoxy) is 2. The van der Waals surface area contributed by atoms with Gasteiger partial charge in [0.05, 0.1) is 0 Å². The Balaban J connectivity index is 3.01. The normalized spacial score (nSPS) is 24.2. The first-order chi connectivity index (χ1) is 13.0. The third-order valence-corrected chi connectivity index (χ3v) is 5.50. The second-order valence-electron chi connectivity index (χ2n) is 7.88. The maximum atomic E-state index is 12.8. The zero-order valence-corrected chi connectivity index (χ0v) is 16.7.